The molecule has 0 radical (unpaired) electrons. The third kappa shape index (κ3) is 7.59. The highest BCUT2D eigenvalue weighted by Crippen LogP contribution is 2.36. The van der Waals surface area contributed by atoms with Crippen molar-refractivity contribution in [1.82, 2.24) is 5.32 Å². The molecule has 1 heterocycles. The van der Waals surface area contributed by atoms with Crippen LogP contribution < -0.4 is 10.8 Å². The van der Waals surface area contributed by atoms with Crippen LogP contribution in [0.2, 0.25) is 0 Å². The van der Waals surface area contributed by atoms with Crippen molar-refractivity contribution in [3.05, 3.63) is 101 Å². The highest BCUT2D eigenvalue weighted by atomic mass is 19.1. The van der Waals surface area contributed by atoms with Crippen LogP contribution in [0.25, 0.3) is 0 Å². The SMILES string of the molecule is CC1(C)OB(c2ccc(C(=O)NC(CC(=O)OCc3ccccc3)C(=O)OCc3ccccc3)c(F)c2)OC1(C)C. The summed E-state index contributed by atoms with van der Waals surface area (Å²) in [5.74, 6) is -3.31. The summed E-state index contributed by atoms with van der Waals surface area (Å²) in [5.41, 5.74) is 0.336. The molecular formula is C31H33BFNO7. The van der Waals surface area contributed by atoms with Gasteiger partial charge in [-0.15, -0.1) is 0 Å². The number of carbonyl (C=O) groups is 3. The van der Waals surface area contributed by atoms with Crippen molar-refractivity contribution in [3.8, 4) is 0 Å². The van der Waals surface area contributed by atoms with Crippen molar-refractivity contribution in [2.45, 2.75) is 64.6 Å². The average molecular weight is 561 g/mol. The molecule has 10 heteroatoms. The number of hydrogen-bond acceptors (Lipinski definition) is 7. The van der Waals surface area contributed by atoms with Crippen LogP contribution in [0.1, 0.15) is 55.6 Å². The average Bonchev–Trinajstić information content (AvgIpc) is 3.17. The summed E-state index contributed by atoms with van der Waals surface area (Å²) in [5, 5.41) is 2.44. The van der Waals surface area contributed by atoms with Crippen molar-refractivity contribution in [2.75, 3.05) is 0 Å². The maximum Gasteiger partial charge on any atom is 0.494 e. The van der Waals surface area contributed by atoms with Crippen molar-refractivity contribution in [3.63, 3.8) is 0 Å². The lowest BCUT2D eigenvalue weighted by atomic mass is 9.78. The largest absolute Gasteiger partial charge is 0.494 e. The standard InChI is InChI=1S/C31H33BFNO7/c1-30(2)31(3,4)41-32(40-30)23-15-16-24(25(33)17-23)28(36)34-26(29(37)39-20-22-13-9-6-10-14-22)18-27(35)38-19-21-11-7-5-8-12-21/h5-17,26H,18-20H2,1-4H3,(H,34,36). The van der Waals surface area contributed by atoms with Crippen LogP contribution in [-0.4, -0.2) is 42.2 Å². The summed E-state index contributed by atoms with van der Waals surface area (Å²) < 4.78 is 37.7. The number of carbonyl (C=O) groups excluding carboxylic acids is 3. The van der Waals surface area contributed by atoms with E-state index in [2.05, 4.69) is 5.32 Å². The molecule has 1 fully saturated rings. The van der Waals surface area contributed by atoms with E-state index in [1.807, 2.05) is 39.8 Å². The summed E-state index contributed by atoms with van der Waals surface area (Å²) in [6.07, 6.45) is -0.500. The third-order valence-electron chi connectivity index (χ3n) is 7.19. The first-order valence-electron chi connectivity index (χ1n) is 13.3. The van der Waals surface area contributed by atoms with E-state index in [0.29, 0.717) is 5.46 Å². The predicted octanol–water partition coefficient (Wildman–Crippen LogP) is 4.10. The number of hydrogen-bond donors (Lipinski definition) is 1. The van der Waals surface area contributed by atoms with E-state index >= 15 is 4.39 Å². The molecule has 1 aliphatic heterocycles. The van der Waals surface area contributed by atoms with Gasteiger partial charge in [0.05, 0.1) is 23.2 Å². The number of benzene rings is 3. The Morgan fingerprint density at radius 3 is 1.90 bits per heavy atom. The van der Waals surface area contributed by atoms with Crippen molar-refractivity contribution >= 4 is 30.4 Å². The van der Waals surface area contributed by atoms with Crippen LogP contribution >= 0.6 is 0 Å². The van der Waals surface area contributed by atoms with Gasteiger partial charge in [0, 0.05) is 0 Å². The van der Waals surface area contributed by atoms with Crippen LogP contribution in [-0.2, 0) is 41.6 Å². The normalized spacial score (nSPS) is 16.1. The van der Waals surface area contributed by atoms with Crippen LogP contribution in [0.4, 0.5) is 4.39 Å². The summed E-state index contributed by atoms with van der Waals surface area (Å²) in [6, 6.07) is 20.5. The van der Waals surface area contributed by atoms with Gasteiger partial charge in [0.25, 0.3) is 5.91 Å². The van der Waals surface area contributed by atoms with E-state index in [0.717, 1.165) is 17.2 Å². The Kier molecular flexibility index (Phi) is 9.25. The fourth-order valence-electron chi connectivity index (χ4n) is 4.06. The Bertz CT molecular complexity index is 1370. The molecule has 4 rings (SSSR count). The fraction of sp³-hybridized carbons (Fsp3) is 0.323. The molecule has 1 amide bonds. The monoisotopic (exact) mass is 561 g/mol. The molecule has 0 aromatic heterocycles. The van der Waals surface area contributed by atoms with E-state index < -0.39 is 54.4 Å². The predicted molar refractivity (Wildman–Crippen MR) is 150 cm³/mol. The van der Waals surface area contributed by atoms with Gasteiger partial charge in [-0.25, -0.2) is 9.18 Å². The minimum Gasteiger partial charge on any atom is -0.461 e. The lowest BCUT2D eigenvalue weighted by molar-refractivity contribution is -0.153. The number of nitrogens with one attached hydrogen (secondary N) is 1. The molecule has 0 spiro atoms. The molecule has 41 heavy (non-hydrogen) atoms. The van der Waals surface area contributed by atoms with Crippen LogP contribution in [0, 0.1) is 5.82 Å². The number of esters is 2. The lowest BCUT2D eigenvalue weighted by Gasteiger charge is -2.32. The van der Waals surface area contributed by atoms with Gasteiger partial charge in [0.1, 0.15) is 25.1 Å². The van der Waals surface area contributed by atoms with E-state index in [9.17, 15) is 14.4 Å². The minimum atomic E-state index is -1.41. The molecule has 0 aliphatic carbocycles. The van der Waals surface area contributed by atoms with Crippen LogP contribution in [0.5, 0.6) is 0 Å². The Hall–Kier alpha value is -4.02. The Morgan fingerprint density at radius 1 is 0.829 bits per heavy atom. The first-order valence-corrected chi connectivity index (χ1v) is 13.3. The highest BCUT2D eigenvalue weighted by molar-refractivity contribution is 6.62. The number of rotatable bonds is 10. The molecule has 3 aromatic carbocycles. The van der Waals surface area contributed by atoms with Crippen molar-refractivity contribution < 1.29 is 37.6 Å². The minimum absolute atomic E-state index is 0.00554. The van der Waals surface area contributed by atoms with Gasteiger partial charge in [0.15, 0.2) is 0 Å². The van der Waals surface area contributed by atoms with Gasteiger partial charge in [-0.2, -0.15) is 0 Å². The third-order valence-corrected chi connectivity index (χ3v) is 7.19. The maximum atomic E-state index is 15.2. The molecule has 1 aliphatic rings. The number of ether oxygens (including phenoxy) is 2. The quantitative estimate of drug-likeness (QED) is 0.294. The Morgan fingerprint density at radius 2 is 1.37 bits per heavy atom. The molecule has 1 saturated heterocycles. The van der Waals surface area contributed by atoms with Gasteiger partial charge in [-0.1, -0.05) is 66.7 Å². The van der Waals surface area contributed by atoms with E-state index in [1.54, 1.807) is 48.5 Å². The molecule has 0 saturated carbocycles. The van der Waals surface area contributed by atoms with Gasteiger partial charge in [-0.3, -0.25) is 9.59 Å². The topological polar surface area (TPSA) is 100 Å². The van der Waals surface area contributed by atoms with Gasteiger partial charge >= 0.3 is 19.1 Å². The molecule has 3 aromatic rings. The molecule has 1 unspecified atom stereocenters. The van der Waals surface area contributed by atoms with E-state index in [-0.39, 0.29) is 18.8 Å². The summed E-state index contributed by atoms with van der Waals surface area (Å²) in [7, 11) is -0.813. The number of amides is 1. The molecule has 214 valence electrons. The van der Waals surface area contributed by atoms with Crippen molar-refractivity contribution in [2.24, 2.45) is 0 Å². The highest BCUT2D eigenvalue weighted by Gasteiger charge is 2.51. The van der Waals surface area contributed by atoms with Crippen LogP contribution in [0.15, 0.2) is 78.9 Å². The molecule has 1 atom stereocenters. The second-order valence-corrected chi connectivity index (χ2v) is 10.8. The van der Waals surface area contributed by atoms with Gasteiger partial charge in [-0.05, 0) is 56.4 Å². The van der Waals surface area contributed by atoms with Gasteiger partial charge < -0.3 is 24.1 Å². The summed E-state index contributed by atoms with van der Waals surface area (Å²) in [6.45, 7) is 7.46. The van der Waals surface area contributed by atoms with Gasteiger partial charge in [0.2, 0.25) is 0 Å². The Balaban J connectivity index is 1.45. The summed E-state index contributed by atoms with van der Waals surface area (Å²) >= 11 is 0. The second kappa shape index (κ2) is 12.7. The molecular weight excluding hydrogens is 528 g/mol. The molecule has 8 nitrogen and oxygen atoms in total. The fourth-order valence-corrected chi connectivity index (χ4v) is 4.06. The maximum absolute atomic E-state index is 15.2. The van der Waals surface area contributed by atoms with Crippen molar-refractivity contribution in [1.29, 1.82) is 0 Å². The lowest BCUT2D eigenvalue weighted by Crippen LogP contribution is -2.44. The summed E-state index contributed by atoms with van der Waals surface area (Å²) in [4.78, 5) is 38.6. The zero-order valence-corrected chi connectivity index (χ0v) is 23.5. The Labute approximate surface area is 239 Å². The smallest absolute Gasteiger partial charge is 0.461 e. The first-order chi connectivity index (χ1) is 19.4. The first kappa shape index (κ1) is 30.0. The van der Waals surface area contributed by atoms with E-state index in [1.165, 1.54) is 12.1 Å². The molecule has 0 bridgehead atoms. The zero-order chi connectivity index (χ0) is 29.6. The van der Waals surface area contributed by atoms with E-state index in [4.69, 9.17) is 18.8 Å². The zero-order valence-electron chi connectivity index (χ0n) is 23.5. The van der Waals surface area contributed by atoms with Crippen LogP contribution in [0.3, 0.4) is 0 Å². The molecule has 1 N–H and O–H groups in total. The second-order valence-electron chi connectivity index (χ2n) is 10.8. The number of halogens is 1.